The summed E-state index contributed by atoms with van der Waals surface area (Å²) in [5.41, 5.74) is -0.187. The van der Waals surface area contributed by atoms with Gasteiger partial charge in [-0.2, -0.15) is 0 Å². The van der Waals surface area contributed by atoms with Crippen LogP contribution in [-0.2, 0) is 0 Å². The number of amides is 2. The zero-order chi connectivity index (χ0) is 8.20. The number of nitrogens with one attached hydrogen (secondary N) is 2. The Balaban J connectivity index is 3.68. The minimum Gasteiger partial charge on any atom is -0.333 e. The average molecular weight is 142 g/mol. The molecule has 58 valence electrons. The molecular formula is C7H14N2O. The number of urea groups is 1. The maximum atomic E-state index is 10.8. The van der Waals surface area contributed by atoms with Crippen LogP contribution in [0.1, 0.15) is 20.8 Å². The fraction of sp³-hybridized carbons (Fsp3) is 0.571. The van der Waals surface area contributed by atoms with Gasteiger partial charge in [0, 0.05) is 5.54 Å². The minimum atomic E-state index is -0.220. The molecule has 0 spiro atoms. The van der Waals surface area contributed by atoms with Crippen molar-refractivity contribution in [2.24, 2.45) is 0 Å². The van der Waals surface area contributed by atoms with Crippen molar-refractivity contribution in [2.75, 3.05) is 0 Å². The summed E-state index contributed by atoms with van der Waals surface area (Å²) in [6.07, 6.45) is 1.35. The summed E-state index contributed by atoms with van der Waals surface area (Å²) in [5, 5.41) is 5.11. The first-order chi connectivity index (χ1) is 4.45. The van der Waals surface area contributed by atoms with Crippen molar-refractivity contribution in [1.29, 1.82) is 0 Å². The van der Waals surface area contributed by atoms with Gasteiger partial charge in [0.1, 0.15) is 0 Å². The molecule has 0 aliphatic heterocycles. The lowest BCUT2D eigenvalue weighted by Crippen LogP contribution is -2.44. The highest BCUT2D eigenvalue weighted by atomic mass is 16.2. The van der Waals surface area contributed by atoms with Gasteiger partial charge in [0.15, 0.2) is 0 Å². The van der Waals surface area contributed by atoms with Gasteiger partial charge >= 0.3 is 6.03 Å². The molecule has 0 radical (unpaired) electrons. The number of rotatable bonds is 1. The zero-order valence-electron chi connectivity index (χ0n) is 6.69. The Morgan fingerprint density at radius 1 is 1.50 bits per heavy atom. The molecule has 0 unspecified atom stereocenters. The van der Waals surface area contributed by atoms with Gasteiger partial charge in [0.25, 0.3) is 0 Å². The first kappa shape index (κ1) is 9.01. The van der Waals surface area contributed by atoms with Crippen molar-refractivity contribution in [3.8, 4) is 0 Å². The molecule has 0 aliphatic rings. The molecule has 0 aromatic carbocycles. The molecule has 2 amide bonds. The second-order valence-corrected chi connectivity index (χ2v) is 3.05. The molecule has 3 heteroatoms. The minimum absolute atomic E-state index is 0.187. The quantitative estimate of drug-likeness (QED) is 0.568. The summed E-state index contributed by atoms with van der Waals surface area (Å²) in [5.74, 6) is 0. The van der Waals surface area contributed by atoms with E-state index in [-0.39, 0.29) is 11.6 Å². The zero-order valence-corrected chi connectivity index (χ0v) is 6.69. The lowest BCUT2D eigenvalue weighted by molar-refractivity contribution is 0.235. The maximum absolute atomic E-state index is 10.8. The summed E-state index contributed by atoms with van der Waals surface area (Å²) < 4.78 is 0. The van der Waals surface area contributed by atoms with Gasteiger partial charge in [-0.1, -0.05) is 6.58 Å². The van der Waals surface area contributed by atoms with Crippen LogP contribution in [0.2, 0.25) is 0 Å². The van der Waals surface area contributed by atoms with Gasteiger partial charge in [-0.3, -0.25) is 0 Å². The van der Waals surface area contributed by atoms with E-state index in [1.807, 2.05) is 20.8 Å². The number of carbonyl (C=O) groups is 1. The highest BCUT2D eigenvalue weighted by molar-refractivity contribution is 5.75. The largest absolute Gasteiger partial charge is 0.333 e. The van der Waals surface area contributed by atoms with Crippen molar-refractivity contribution in [1.82, 2.24) is 10.6 Å². The number of hydrogen-bond donors (Lipinski definition) is 2. The van der Waals surface area contributed by atoms with E-state index >= 15 is 0 Å². The summed E-state index contributed by atoms with van der Waals surface area (Å²) in [4.78, 5) is 10.8. The van der Waals surface area contributed by atoms with E-state index in [1.54, 1.807) is 0 Å². The van der Waals surface area contributed by atoms with Crippen molar-refractivity contribution in [2.45, 2.75) is 26.3 Å². The molecule has 0 aromatic heterocycles. The fourth-order valence-electron chi connectivity index (χ4n) is 0.469. The Morgan fingerprint density at radius 2 is 2.00 bits per heavy atom. The fourth-order valence-corrected chi connectivity index (χ4v) is 0.469. The molecule has 0 saturated carbocycles. The molecule has 0 rings (SSSR count). The summed E-state index contributed by atoms with van der Waals surface area (Å²) in [7, 11) is 0. The van der Waals surface area contributed by atoms with Gasteiger partial charge in [0.05, 0.1) is 0 Å². The van der Waals surface area contributed by atoms with E-state index < -0.39 is 0 Å². The van der Waals surface area contributed by atoms with E-state index in [0.29, 0.717) is 0 Å². The van der Waals surface area contributed by atoms with Gasteiger partial charge in [-0.25, -0.2) is 4.79 Å². The van der Waals surface area contributed by atoms with Crippen molar-refractivity contribution < 1.29 is 4.79 Å². The first-order valence-corrected chi connectivity index (χ1v) is 3.15. The lowest BCUT2D eigenvalue weighted by Gasteiger charge is -2.19. The summed E-state index contributed by atoms with van der Waals surface area (Å²) in [6.45, 7) is 9.10. The lowest BCUT2D eigenvalue weighted by atomic mass is 10.1. The molecule has 0 aliphatic carbocycles. The van der Waals surface area contributed by atoms with Crippen LogP contribution in [0.25, 0.3) is 0 Å². The number of carbonyl (C=O) groups excluding carboxylic acids is 1. The third-order valence-electron chi connectivity index (χ3n) is 0.722. The topological polar surface area (TPSA) is 41.1 Å². The van der Waals surface area contributed by atoms with Crippen LogP contribution in [0.3, 0.4) is 0 Å². The molecule has 0 bridgehead atoms. The summed E-state index contributed by atoms with van der Waals surface area (Å²) in [6, 6.07) is -0.220. The van der Waals surface area contributed by atoms with Crippen LogP contribution in [0.5, 0.6) is 0 Å². The van der Waals surface area contributed by atoms with Crippen molar-refractivity contribution in [3.63, 3.8) is 0 Å². The predicted octanol–water partition coefficient (Wildman–Crippen LogP) is 1.23. The van der Waals surface area contributed by atoms with Gasteiger partial charge in [-0.15, -0.1) is 0 Å². The number of hydrogen-bond acceptors (Lipinski definition) is 1. The van der Waals surface area contributed by atoms with Crippen LogP contribution in [-0.4, -0.2) is 11.6 Å². The highest BCUT2D eigenvalue weighted by Crippen LogP contribution is 1.96. The monoisotopic (exact) mass is 142 g/mol. The Hall–Kier alpha value is -0.990. The molecule has 0 saturated heterocycles. The summed E-state index contributed by atoms with van der Waals surface area (Å²) >= 11 is 0. The SMILES string of the molecule is C=CNC(=O)NC(C)(C)C. The van der Waals surface area contributed by atoms with Crippen molar-refractivity contribution >= 4 is 6.03 Å². The second kappa shape index (κ2) is 3.25. The first-order valence-electron chi connectivity index (χ1n) is 3.15. The Kier molecular flexibility index (Phi) is 2.93. The Morgan fingerprint density at radius 3 is 2.30 bits per heavy atom. The molecule has 0 aromatic rings. The van der Waals surface area contributed by atoms with Crippen LogP contribution >= 0.6 is 0 Å². The van der Waals surface area contributed by atoms with E-state index in [1.165, 1.54) is 6.20 Å². The molecule has 0 fully saturated rings. The molecular weight excluding hydrogens is 128 g/mol. The maximum Gasteiger partial charge on any atom is 0.319 e. The van der Waals surface area contributed by atoms with E-state index in [4.69, 9.17) is 0 Å². The normalized spacial score (nSPS) is 10.3. The van der Waals surface area contributed by atoms with E-state index in [2.05, 4.69) is 17.2 Å². The van der Waals surface area contributed by atoms with Crippen molar-refractivity contribution in [3.05, 3.63) is 12.8 Å². The van der Waals surface area contributed by atoms with Crippen LogP contribution < -0.4 is 10.6 Å². The smallest absolute Gasteiger partial charge is 0.319 e. The third kappa shape index (κ3) is 5.15. The second-order valence-electron chi connectivity index (χ2n) is 3.05. The molecule has 3 nitrogen and oxygen atoms in total. The highest BCUT2D eigenvalue weighted by Gasteiger charge is 2.11. The standard InChI is InChI=1S/C7H14N2O/c1-5-8-6(10)9-7(2,3)4/h5H,1H2,2-4H3,(H2,8,9,10). The van der Waals surface area contributed by atoms with Crippen LogP contribution in [0.15, 0.2) is 12.8 Å². The van der Waals surface area contributed by atoms with Crippen LogP contribution in [0, 0.1) is 0 Å². The Labute approximate surface area is 61.5 Å². The molecule has 2 N–H and O–H groups in total. The molecule has 0 atom stereocenters. The third-order valence-corrected chi connectivity index (χ3v) is 0.722. The van der Waals surface area contributed by atoms with Gasteiger partial charge < -0.3 is 10.6 Å². The average Bonchev–Trinajstić information content (AvgIpc) is 1.59. The predicted molar refractivity (Wildman–Crippen MR) is 41.6 cm³/mol. The van der Waals surface area contributed by atoms with E-state index in [0.717, 1.165) is 0 Å². The molecule has 10 heavy (non-hydrogen) atoms. The van der Waals surface area contributed by atoms with Crippen LogP contribution in [0.4, 0.5) is 4.79 Å². The van der Waals surface area contributed by atoms with Gasteiger partial charge in [0.2, 0.25) is 0 Å². The van der Waals surface area contributed by atoms with E-state index in [9.17, 15) is 4.79 Å². The Bertz CT molecular complexity index is 135. The van der Waals surface area contributed by atoms with Gasteiger partial charge in [-0.05, 0) is 27.0 Å². The molecule has 0 heterocycles.